The maximum atomic E-state index is 14.7. The summed E-state index contributed by atoms with van der Waals surface area (Å²) in [6.45, 7) is 1.82. The third-order valence-corrected chi connectivity index (χ3v) is 7.95. The molecule has 250 valence electrons. The molecule has 0 spiro atoms. The van der Waals surface area contributed by atoms with Gasteiger partial charge >= 0.3 is 0 Å². The summed E-state index contributed by atoms with van der Waals surface area (Å²) >= 11 is 0. The normalized spacial score (nSPS) is 12.6. The number of ketones is 1. The molecule has 0 fully saturated rings. The third-order valence-electron chi connectivity index (χ3n) is 7.95. The van der Waals surface area contributed by atoms with Gasteiger partial charge in [-0.1, -0.05) is 12.1 Å². The van der Waals surface area contributed by atoms with Crippen LogP contribution < -0.4 is 19.8 Å². The van der Waals surface area contributed by atoms with Gasteiger partial charge in [0.25, 0.3) is 5.56 Å². The lowest BCUT2D eigenvalue weighted by atomic mass is 9.99. The molecule has 13 heteroatoms. The van der Waals surface area contributed by atoms with Crippen molar-refractivity contribution in [3.63, 3.8) is 0 Å². The fourth-order valence-corrected chi connectivity index (χ4v) is 5.68. The fraction of sp³-hybridized carbons (Fsp3) is 0.314. The fourth-order valence-electron chi connectivity index (χ4n) is 5.68. The summed E-state index contributed by atoms with van der Waals surface area (Å²) in [4.78, 5) is 35.8. The van der Waals surface area contributed by atoms with Crippen molar-refractivity contribution in [2.24, 2.45) is 0 Å². The zero-order valence-corrected chi connectivity index (χ0v) is 26.5. The lowest BCUT2D eigenvalue weighted by Gasteiger charge is -2.19. The van der Waals surface area contributed by atoms with Crippen LogP contribution in [0.1, 0.15) is 34.5 Å². The molecular formula is C35H34F2N4O7. The molecule has 48 heavy (non-hydrogen) atoms. The zero-order valence-electron chi connectivity index (χ0n) is 26.5. The van der Waals surface area contributed by atoms with Gasteiger partial charge in [-0.05, 0) is 55.2 Å². The van der Waals surface area contributed by atoms with E-state index in [0.717, 1.165) is 35.7 Å². The van der Waals surface area contributed by atoms with Crippen molar-refractivity contribution in [1.82, 2.24) is 19.3 Å². The summed E-state index contributed by atoms with van der Waals surface area (Å²) in [6, 6.07) is 13.3. The largest absolute Gasteiger partial charge is 0.487 e. The van der Waals surface area contributed by atoms with Gasteiger partial charge < -0.3 is 23.7 Å². The van der Waals surface area contributed by atoms with Crippen molar-refractivity contribution < 1.29 is 37.3 Å². The van der Waals surface area contributed by atoms with E-state index in [1.54, 1.807) is 55.3 Å². The zero-order chi connectivity index (χ0) is 33.6. The summed E-state index contributed by atoms with van der Waals surface area (Å²) in [7, 11) is 3.17. The first-order valence-corrected chi connectivity index (χ1v) is 15.5. The predicted octanol–water partition coefficient (Wildman–Crippen LogP) is 5.46. The Balaban J connectivity index is 1.23. The Kier molecular flexibility index (Phi) is 10.1. The summed E-state index contributed by atoms with van der Waals surface area (Å²) in [5.41, 5.74) is 0.881. The first kappa shape index (κ1) is 32.8. The van der Waals surface area contributed by atoms with E-state index in [1.165, 1.54) is 6.33 Å². The van der Waals surface area contributed by atoms with E-state index >= 15 is 0 Å². The van der Waals surface area contributed by atoms with Crippen molar-refractivity contribution in [3.8, 4) is 28.8 Å². The highest BCUT2D eigenvalue weighted by Gasteiger charge is 2.28. The van der Waals surface area contributed by atoms with E-state index in [-0.39, 0.29) is 23.6 Å². The first-order valence-electron chi connectivity index (χ1n) is 15.5. The summed E-state index contributed by atoms with van der Waals surface area (Å²) < 4.78 is 59.5. The lowest BCUT2D eigenvalue weighted by Crippen LogP contribution is -2.25. The molecule has 0 N–H and O–H groups in total. The Bertz CT molecular complexity index is 1990. The number of ether oxygens (including phenoxy) is 5. The van der Waals surface area contributed by atoms with Crippen molar-refractivity contribution >= 4 is 16.7 Å². The molecule has 3 heterocycles. The van der Waals surface area contributed by atoms with Gasteiger partial charge in [-0.25, -0.2) is 23.4 Å². The standard InChI is InChI=1S/C35H34F2N4O7/c1-44-13-15-46-31-19-25-27(20-32(31)47-16-14-45-2)38-21-39-34(25)48-24-9-6-22(7-10-24)17-30(42)33-28-5-3-4-12-40(28)41(35(33)43)29-18-23(36)8-11-26(29)37/h6-11,18-21H,3-5,12-17H2,1-2H3. The smallest absolute Gasteiger partial charge is 0.282 e. The topological polar surface area (TPSA) is 116 Å². The quantitative estimate of drug-likeness (QED) is 0.113. The predicted molar refractivity (Wildman–Crippen MR) is 172 cm³/mol. The van der Waals surface area contributed by atoms with Crippen LogP contribution in [0.15, 0.2) is 65.7 Å². The van der Waals surface area contributed by atoms with Crippen LogP contribution in [0.2, 0.25) is 0 Å². The Morgan fingerprint density at radius 2 is 1.60 bits per heavy atom. The van der Waals surface area contributed by atoms with Crippen LogP contribution in [0.25, 0.3) is 16.6 Å². The number of hydrogen-bond donors (Lipinski definition) is 0. The van der Waals surface area contributed by atoms with Gasteiger partial charge in [-0.2, -0.15) is 0 Å². The van der Waals surface area contributed by atoms with Crippen LogP contribution in [-0.4, -0.2) is 65.8 Å². The van der Waals surface area contributed by atoms with Gasteiger partial charge in [0.2, 0.25) is 5.88 Å². The number of nitrogens with zero attached hydrogens (tertiary/aromatic N) is 4. The second-order valence-corrected chi connectivity index (χ2v) is 11.1. The number of Topliss-reactive ketones (excluding diaryl/α,β-unsaturated/α-hetero) is 1. The van der Waals surface area contributed by atoms with Crippen molar-refractivity contribution in [3.05, 3.63) is 99.7 Å². The third kappa shape index (κ3) is 6.92. The molecule has 0 atom stereocenters. The minimum absolute atomic E-state index is 0.000217. The highest BCUT2D eigenvalue weighted by Crippen LogP contribution is 2.36. The van der Waals surface area contributed by atoms with Crippen LogP contribution >= 0.6 is 0 Å². The van der Waals surface area contributed by atoms with Gasteiger partial charge in [-0.3, -0.25) is 14.3 Å². The molecular weight excluding hydrogens is 626 g/mol. The number of carbonyl (C=O) groups excluding carboxylic acids is 1. The van der Waals surface area contributed by atoms with Crippen LogP contribution in [0.4, 0.5) is 8.78 Å². The SMILES string of the molecule is COCCOc1cc2ncnc(Oc3ccc(CC(=O)c4c5n(n(-c6cc(F)ccc6F)c4=O)CCCC5)cc3)c2cc1OCCOC. The van der Waals surface area contributed by atoms with Crippen LogP contribution in [-0.2, 0) is 28.9 Å². The molecule has 11 nitrogen and oxygen atoms in total. The Labute approximate surface area is 274 Å². The second-order valence-electron chi connectivity index (χ2n) is 11.1. The number of halogens is 2. The van der Waals surface area contributed by atoms with E-state index < -0.39 is 23.0 Å². The van der Waals surface area contributed by atoms with Crippen LogP contribution in [0, 0.1) is 11.6 Å². The molecule has 0 amide bonds. The second kappa shape index (κ2) is 14.7. The average molecular weight is 661 g/mol. The number of benzene rings is 3. The molecule has 2 aromatic heterocycles. The van der Waals surface area contributed by atoms with E-state index in [2.05, 4.69) is 9.97 Å². The maximum absolute atomic E-state index is 14.7. The van der Waals surface area contributed by atoms with Crippen molar-refractivity contribution in [1.29, 1.82) is 0 Å². The number of fused-ring (bicyclic) bond motifs is 2. The first-order chi connectivity index (χ1) is 23.4. The lowest BCUT2D eigenvalue weighted by molar-refractivity contribution is 0.0990. The number of methoxy groups -OCH3 is 2. The molecule has 5 aromatic rings. The van der Waals surface area contributed by atoms with Crippen molar-refractivity contribution in [2.45, 2.75) is 32.2 Å². The van der Waals surface area contributed by atoms with Gasteiger partial charge in [0.1, 0.15) is 48.2 Å². The molecule has 0 saturated heterocycles. The Morgan fingerprint density at radius 1 is 0.875 bits per heavy atom. The molecule has 0 bridgehead atoms. The molecule has 0 saturated carbocycles. The van der Waals surface area contributed by atoms with Gasteiger partial charge in [0, 0.05) is 39.3 Å². The molecule has 0 unspecified atom stereocenters. The van der Waals surface area contributed by atoms with Gasteiger partial charge in [0.15, 0.2) is 17.3 Å². The molecule has 6 rings (SSSR count). The molecule has 3 aromatic carbocycles. The summed E-state index contributed by atoms with van der Waals surface area (Å²) in [5.74, 6) is -0.124. The van der Waals surface area contributed by atoms with E-state index in [4.69, 9.17) is 23.7 Å². The number of rotatable bonds is 14. The number of hydrogen-bond acceptors (Lipinski definition) is 9. The molecule has 1 aliphatic rings. The minimum atomic E-state index is -0.749. The number of aromatic nitrogens is 4. The van der Waals surface area contributed by atoms with Crippen LogP contribution in [0.5, 0.6) is 23.1 Å². The van der Waals surface area contributed by atoms with E-state index in [0.29, 0.717) is 78.8 Å². The Morgan fingerprint density at radius 3 is 2.33 bits per heavy atom. The van der Waals surface area contributed by atoms with E-state index in [9.17, 15) is 18.4 Å². The van der Waals surface area contributed by atoms with E-state index in [1.807, 2.05) is 0 Å². The summed E-state index contributed by atoms with van der Waals surface area (Å²) in [5, 5.41) is 0.591. The van der Waals surface area contributed by atoms with Gasteiger partial charge in [-0.15, -0.1) is 0 Å². The highest BCUT2D eigenvalue weighted by molar-refractivity contribution is 5.98. The Hall–Kier alpha value is -5.14. The molecule has 1 aliphatic heterocycles. The molecule has 0 radical (unpaired) electrons. The number of carbonyl (C=O) groups is 1. The van der Waals surface area contributed by atoms with Gasteiger partial charge in [0.05, 0.1) is 29.8 Å². The summed E-state index contributed by atoms with van der Waals surface area (Å²) in [6.07, 6.45) is 3.33. The maximum Gasteiger partial charge on any atom is 0.282 e. The van der Waals surface area contributed by atoms with Crippen LogP contribution in [0.3, 0.4) is 0 Å². The monoisotopic (exact) mass is 660 g/mol. The molecule has 0 aliphatic carbocycles. The minimum Gasteiger partial charge on any atom is -0.487 e. The highest BCUT2D eigenvalue weighted by atomic mass is 19.1. The average Bonchev–Trinajstić information content (AvgIpc) is 3.38. The van der Waals surface area contributed by atoms with Crippen molar-refractivity contribution in [2.75, 3.05) is 40.6 Å².